The van der Waals surface area contributed by atoms with Crippen LogP contribution in [-0.4, -0.2) is 30.5 Å². The van der Waals surface area contributed by atoms with Gasteiger partial charge in [-0.15, -0.1) is 0 Å². The fourth-order valence-corrected chi connectivity index (χ4v) is 0.881. The van der Waals surface area contributed by atoms with Crippen molar-refractivity contribution in [1.82, 2.24) is 0 Å². The van der Waals surface area contributed by atoms with Gasteiger partial charge in [-0.1, -0.05) is 13.8 Å². The molecule has 0 aliphatic rings. The van der Waals surface area contributed by atoms with Gasteiger partial charge in [-0.25, -0.2) is 0 Å². The minimum Gasteiger partial charge on any atom is -0.828 e. The third-order valence-corrected chi connectivity index (χ3v) is 2.01. The van der Waals surface area contributed by atoms with Crippen molar-refractivity contribution in [2.45, 2.75) is 38.2 Å². The molecule has 0 N–H and O–H groups in total. The van der Waals surface area contributed by atoms with Crippen molar-refractivity contribution in [3.05, 3.63) is 0 Å². The van der Waals surface area contributed by atoms with E-state index >= 15 is 0 Å². The van der Waals surface area contributed by atoms with Gasteiger partial charge in [-0.3, -0.25) is 4.79 Å². The van der Waals surface area contributed by atoms with Gasteiger partial charge in [0.2, 0.25) is 0 Å². The van der Waals surface area contributed by atoms with Gasteiger partial charge in [-0.2, -0.15) is 26.3 Å². The average molecular weight is 281 g/mol. The Hall–Kier alpha value is -0.990. The van der Waals surface area contributed by atoms with Gasteiger partial charge >= 0.3 is 18.3 Å². The molecule has 0 aromatic carbocycles. The van der Waals surface area contributed by atoms with E-state index in [9.17, 15) is 36.2 Å². The molecule has 0 rings (SSSR count). The Morgan fingerprint density at radius 2 is 1.50 bits per heavy atom. The molecule has 0 heterocycles. The van der Waals surface area contributed by atoms with Gasteiger partial charge in [0.1, 0.15) is 0 Å². The highest BCUT2D eigenvalue weighted by atomic mass is 19.4. The topological polar surface area (TPSA) is 49.4 Å². The van der Waals surface area contributed by atoms with Crippen LogP contribution in [0.15, 0.2) is 0 Å². The Bertz CT molecular complexity index is 280. The van der Waals surface area contributed by atoms with Crippen molar-refractivity contribution in [1.29, 1.82) is 0 Å². The fourth-order valence-electron chi connectivity index (χ4n) is 0.881. The first-order chi connectivity index (χ1) is 7.84. The van der Waals surface area contributed by atoms with E-state index in [0.29, 0.717) is 0 Å². The predicted octanol–water partition coefficient (Wildman–Crippen LogP) is 1.80. The van der Waals surface area contributed by atoms with E-state index in [1.165, 1.54) is 0 Å². The highest BCUT2D eigenvalue weighted by Gasteiger charge is 2.68. The third-order valence-electron chi connectivity index (χ3n) is 2.01. The summed E-state index contributed by atoms with van der Waals surface area (Å²) in [7, 11) is 0. The Morgan fingerprint density at radius 3 is 1.78 bits per heavy atom. The van der Waals surface area contributed by atoms with Gasteiger partial charge in [0, 0.05) is 0 Å². The van der Waals surface area contributed by atoms with Crippen LogP contribution in [0.4, 0.5) is 26.3 Å². The Morgan fingerprint density at radius 1 is 1.11 bits per heavy atom. The molecule has 0 saturated carbocycles. The summed E-state index contributed by atoms with van der Waals surface area (Å²) in [6, 6.07) is 0. The molecule has 0 aromatic heterocycles. The van der Waals surface area contributed by atoms with Crippen LogP contribution >= 0.6 is 0 Å². The molecule has 0 aliphatic heterocycles. The lowest BCUT2D eigenvalue weighted by molar-refractivity contribution is -0.574. The minimum absolute atomic E-state index is 0.0531. The highest BCUT2D eigenvalue weighted by molar-refractivity contribution is 5.81. The number of esters is 1. The number of alkyl halides is 6. The maximum Gasteiger partial charge on any atom is 0.399 e. The molecular formula is C9H11F6O3-. The molecule has 0 aromatic rings. The second-order valence-corrected chi connectivity index (χ2v) is 4.00. The van der Waals surface area contributed by atoms with E-state index in [0.717, 1.165) is 0 Å². The molecule has 0 amide bonds. The first-order valence-corrected chi connectivity index (χ1v) is 4.85. The molecule has 9 heteroatoms. The van der Waals surface area contributed by atoms with Crippen LogP contribution in [0.25, 0.3) is 0 Å². The van der Waals surface area contributed by atoms with Crippen LogP contribution in [0.2, 0.25) is 0 Å². The first kappa shape index (κ1) is 17.0. The number of hydrogen-bond donors (Lipinski definition) is 0. The van der Waals surface area contributed by atoms with Crippen molar-refractivity contribution in [2.75, 3.05) is 6.61 Å². The van der Waals surface area contributed by atoms with Crippen molar-refractivity contribution in [3.8, 4) is 0 Å². The molecule has 0 radical (unpaired) electrons. The van der Waals surface area contributed by atoms with E-state index in [-0.39, 0.29) is 12.3 Å². The Kier molecular flexibility index (Phi) is 5.04. The van der Waals surface area contributed by atoms with Crippen molar-refractivity contribution >= 4 is 5.97 Å². The van der Waals surface area contributed by atoms with Crippen molar-refractivity contribution < 1.29 is 41.0 Å². The van der Waals surface area contributed by atoms with E-state index < -0.39 is 30.5 Å². The smallest absolute Gasteiger partial charge is 0.399 e. The predicted molar refractivity (Wildman–Crippen MR) is 45.3 cm³/mol. The maximum atomic E-state index is 12.1. The summed E-state index contributed by atoms with van der Waals surface area (Å²) in [4.78, 5) is 10.8. The van der Waals surface area contributed by atoms with E-state index in [2.05, 4.69) is 4.74 Å². The van der Waals surface area contributed by atoms with Gasteiger partial charge in [-0.05, 0) is 12.3 Å². The SMILES string of the molecule is CC(C)CCOC(=O)C([O-])(C(F)(F)F)C(F)(F)F. The summed E-state index contributed by atoms with van der Waals surface area (Å²) in [6.07, 6.45) is -12.6. The lowest BCUT2D eigenvalue weighted by atomic mass is 10.0. The van der Waals surface area contributed by atoms with E-state index in [4.69, 9.17) is 0 Å². The summed E-state index contributed by atoms with van der Waals surface area (Å²) in [5.74, 6) is -2.97. The number of ether oxygens (including phenoxy) is 1. The van der Waals surface area contributed by atoms with Crippen LogP contribution in [-0.2, 0) is 9.53 Å². The number of hydrogen-bond acceptors (Lipinski definition) is 3. The molecule has 0 saturated heterocycles. The van der Waals surface area contributed by atoms with E-state index in [1.54, 1.807) is 13.8 Å². The van der Waals surface area contributed by atoms with Gasteiger partial charge in [0.05, 0.1) is 6.61 Å². The maximum absolute atomic E-state index is 12.1. The number of halogens is 6. The molecule has 18 heavy (non-hydrogen) atoms. The average Bonchev–Trinajstić information content (AvgIpc) is 2.11. The zero-order chi connectivity index (χ0) is 14.8. The molecule has 0 aliphatic carbocycles. The second kappa shape index (κ2) is 5.33. The molecule has 0 atom stereocenters. The van der Waals surface area contributed by atoms with Crippen LogP contribution in [0.5, 0.6) is 0 Å². The zero-order valence-corrected chi connectivity index (χ0v) is 9.48. The summed E-state index contributed by atoms with van der Waals surface area (Å²) in [6.45, 7) is 2.56. The fraction of sp³-hybridized carbons (Fsp3) is 0.889. The number of carbonyl (C=O) groups is 1. The summed E-state index contributed by atoms with van der Waals surface area (Å²) in [5.41, 5.74) is -5.74. The summed E-state index contributed by atoms with van der Waals surface area (Å²) >= 11 is 0. The number of carbonyl (C=O) groups excluding carboxylic acids is 1. The van der Waals surface area contributed by atoms with Crippen molar-refractivity contribution in [2.24, 2.45) is 5.92 Å². The standard InChI is InChI=1S/C9H11F6O3/c1-5(2)3-4-18-6(16)7(17,8(10,11)12)9(13,14)15/h5H,3-4H2,1-2H3/q-1. The molecule has 108 valence electrons. The summed E-state index contributed by atoms with van der Waals surface area (Å²) < 4.78 is 76.4. The third kappa shape index (κ3) is 3.50. The lowest BCUT2D eigenvalue weighted by Gasteiger charge is -2.40. The van der Waals surface area contributed by atoms with Gasteiger partial charge in [0.15, 0.2) is 5.60 Å². The molecular weight excluding hydrogens is 270 g/mol. The molecule has 0 fully saturated rings. The first-order valence-electron chi connectivity index (χ1n) is 4.85. The lowest BCUT2D eigenvalue weighted by Crippen LogP contribution is -2.71. The monoisotopic (exact) mass is 281 g/mol. The largest absolute Gasteiger partial charge is 0.828 e. The molecule has 0 bridgehead atoms. The van der Waals surface area contributed by atoms with Crippen LogP contribution < -0.4 is 5.11 Å². The summed E-state index contributed by atoms with van der Waals surface area (Å²) in [5, 5.41) is 10.8. The molecule has 0 spiro atoms. The van der Waals surface area contributed by atoms with Crippen molar-refractivity contribution in [3.63, 3.8) is 0 Å². The molecule has 0 unspecified atom stereocenters. The van der Waals surface area contributed by atoms with Crippen LogP contribution in [0.1, 0.15) is 20.3 Å². The van der Waals surface area contributed by atoms with E-state index in [1.807, 2.05) is 0 Å². The van der Waals surface area contributed by atoms with Gasteiger partial charge < -0.3 is 9.84 Å². The second-order valence-electron chi connectivity index (χ2n) is 4.00. The minimum atomic E-state index is -6.31. The number of rotatable bonds is 4. The quantitative estimate of drug-likeness (QED) is 0.583. The van der Waals surface area contributed by atoms with Gasteiger partial charge in [0.25, 0.3) is 0 Å². The van der Waals surface area contributed by atoms with Crippen LogP contribution in [0.3, 0.4) is 0 Å². The normalized spacial score (nSPS) is 13.9. The van der Waals surface area contributed by atoms with Crippen LogP contribution in [0, 0.1) is 5.92 Å². The highest BCUT2D eigenvalue weighted by Crippen LogP contribution is 2.41. The Labute approximate surface area is 98.7 Å². The Balaban J connectivity index is 4.97. The zero-order valence-electron chi connectivity index (χ0n) is 9.48. The molecule has 3 nitrogen and oxygen atoms in total.